The van der Waals surface area contributed by atoms with Crippen LogP contribution in [-0.4, -0.2) is 48.7 Å². The number of nitrogens with two attached hydrogens (primary N) is 2. The lowest BCUT2D eigenvalue weighted by molar-refractivity contribution is -0.125. The highest BCUT2D eigenvalue weighted by molar-refractivity contribution is 5.84. The Bertz CT molecular complexity index is 346. The maximum Gasteiger partial charge on any atom is 0.237 e. The van der Waals surface area contributed by atoms with Gasteiger partial charge in [-0.05, 0) is 51.4 Å². The first-order valence-corrected chi connectivity index (χ1v) is 7.81. The molecule has 1 amide bonds. The third-order valence-electron chi connectivity index (χ3n) is 5.10. The summed E-state index contributed by atoms with van der Waals surface area (Å²) >= 11 is 0. The average Bonchev–Trinajstić information content (AvgIpc) is 3.23. The molecule has 4 N–H and O–H groups in total. The summed E-state index contributed by atoms with van der Waals surface area (Å²) in [7, 11) is 1.73. The predicted octanol–water partition coefficient (Wildman–Crippen LogP) is 0.859. The molecule has 0 radical (unpaired) electrons. The van der Waals surface area contributed by atoms with Crippen LogP contribution in [0.15, 0.2) is 0 Å². The largest absolute Gasteiger partial charge is 0.383 e. The van der Waals surface area contributed by atoms with Gasteiger partial charge in [0.15, 0.2) is 0 Å². The van der Waals surface area contributed by atoms with E-state index in [9.17, 15) is 4.79 Å². The van der Waals surface area contributed by atoms with Crippen molar-refractivity contribution in [3.05, 3.63) is 0 Å². The number of nitrogens with zero attached hydrogens (tertiary/aromatic N) is 1. The quantitative estimate of drug-likeness (QED) is 0.726. The maximum atomic E-state index is 11.6. The fraction of sp³-hybridized carbons (Fsp3) is 0.933. The predicted molar refractivity (Wildman–Crippen MR) is 79.1 cm³/mol. The summed E-state index contributed by atoms with van der Waals surface area (Å²) in [6.45, 7) is 3.93. The second-order valence-electron chi connectivity index (χ2n) is 6.58. The van der Waals surface area contributed by atoms with Gasteiger partial charge in [-0.3, -0.25) is 9.69 Å². The lowest BCUT2D eigenvalue weighted by Gasteiger charge is -2.43. The van der Waals surface area contributed by atoms with Crippen LogP contribution in [0.4, 0.5) is 0 Å². The molecule has 5 heteroatoms. The molecule has 3 atom stereocenters. The van der Waals surface area contributed by atoms with E-state index < -0.39 is 5.54 Å². The van der Waals surface area contributed by atoms with Gasteiger partial charge in [0.05, 0.1) is 12.1 Å². The van der Waals surface area contributed by atoms with Crippen molar-refractivity contribution >= 4 is 5.91 Å². The van der Waals surface area contributed by atoms with Gasteiger partial charge in [-0.1, -0.05) is 0 Å². The van der Waals surface area contributed by atoms with Crippen molar-refractivity contribution in [2.75, 3.05) is 20.3 Å². The molecule has 3 unspecified atom stereocenters. The molecule has 0 aromatic carbocycles. The van der Waals surface area contributed by atoms with Crippen molar-refractivity contribution in [2.45, 2.75) is 63.1 Å². The van der Waals surface area contributed by atoms with Crippen molar-refractivity contribution in [2.24, 2.45) is 17.4 Å². The van der Waals surface area contributed by atoms with Crippen LogP contribution < -0.4 is 11.5 Å². The van der Waals surface area contributed by atoms with Crippen LogP contribution in [-0.2, 0) is 9.53 Å². The Labute approximate surface area is 122 Å². The van der Waals surface area contributed by atoms with Gasteiger partial charge in [-0.2, -0.15) is 0 Å². The van der Waals surface area contributed by atoms with Crippen molar-refractivity contribution < 1.29 is 9.53 Å². The van der Waals surface area contributed by atoms with Gasteiger partial charge in [0.1, 0.15) is 0 Å². The Hall–Kier alpha value is -0.650. The molecule has 2 fully saturated rings. The molecule has 5 nitrogen and oxygen atoms in total. The normalized spacial score (nSPS) is 32.3. The summed E-state index contributed by atoms with van der Waals surface area (Å²) in [4.78, 5) is 14.1. The van der Waals surface area contributed by atoms with E-state index in [4.69, 9.17) is 16.2 Å². The van der Waals surface area contributed by atoms with Crippen molar-refractivity contribution in [3.8, 4) is 0 Å². The number of methoxy groups -OCH3 is 1. The minimum atomic E-state index is -0.822. The van der Waals surface area contributed by atoms with Gasteiger partial charge in [0, 0.05) is 25.7 Å². The molecular formula is C15H29N3O2. The van der Waals surface area contributed by atoms with E-state index in [1.165, 1.54) is 12.8 Å². The van der Waals surface area contributed by atoms with Crippen LogP contribution in [0.1, 0.15) is 45.4 Å². The molecule has 0 aliphatic heterocycles. The number of ether oxygens (including phenoxy) is 1. The molecular weight excluding hydrogens is 254 g/mol. The number of carbonyl (C=O) groups excluding carboxylic acids is 1. The average molecular weight is 283 g/mol. The highest BCUT2D eigenvalue weighted by atomic mass is 16.5. The van der Waals surface area contributed by atoms with E-state index in [0.29, 0.717) is 18.5 Å². The Balaban J connectivity index is 2.04. The molecule has 0 bridgehead atoms. The highest BCUT2D eigenvalue weighted by Crippen LogP contribution is 2.38. The number of hydrogen-bond donors (Lipinski definition) is 2. The zero-order valence-corrected chi connectivity index (χ0v) is 12.8. The molecule has 20 heavy (non-hydrogen) atoms. The molecule has 0 spiro atoms. The van der Waals surface area contributed by atoms with Crippen LogP contribution in [0, 0.1) is 5.92 Å². The second kappa shape index (κ2) is 6.41. The number of amides is 1. The number of primary amides is 1. The van der Waals surface area contributed by atoms with E-state index in [1.54, 1.807) is 7.11 Å². The summed E-state index contributed by atoms with van der Waals surface area (Å²) in [5, 5.41) is 0. The fourth-order valence-electron chi connectivity index (χ4n) is 3.55. The number of carbonyl (C=O) groups is 1. The first kappa shape index (κ1) is 15.7. The van der Waals surface area contributed by atoms with Gasteiger partial charge in [-0.15, -0.1) is 0 Å². The zero-order valence-electron chi connectivity index (χ0n) is 12.8. The van der Waals surface area contributed by atoms with Crippen molar-refractivity contribution in [1.29, 1.82) is 0 Å². The van der Waals surface area contributed by atoms with Gasteiger partial charge in [-0.25, -0.2) is 0 Å². The van der Waals surface area contributed by atoms with Gasteiger partial charge >= 0.3 is 0 Å². The van der Waals surface area contributed by atoms with E-state index >= 15 is 0 Å². The van der Waals surface area contributed by atoms with Crippen LogP contribution in [0.2, 0.25) is 0 Å². The second-order valence-corrected chi connectivity index (χ2v) is 6.58. The van der Waals surface area contributed by atoms with Crippen molar-refractivity contribution in [3.63, 3.8) is 0 Å². The van der Waals surface area contributed by atoms with Gasteiger partial charge in [0.2, 0.25) is 5.91 Å². The highest BCUT2D eigenvalue weighted by Gasteiger charge is 2.42. The smallest absolute Gasteiger partial charge is 0.237 e. The molecule has 116 valence electrons. The van der Waals surface area contributed by atoms with Crippen LogP contribution >= 0.6 is 0 Å². The van der Waals surface area contributed by atoms with Crippen LogP contribution in [0.3, 0.4) is 0 Å². The summed E-state index contributed by atoms with van der Waals surface area (Å²) in [5.74, 6) is 0.447. The van der Waals surface area contributed by atoms with Gasteiger partial charge in [0.25, 0.3) is 0 Å². The van der Waals surface area contributed by atoms with Crippen molar-refractivity contribution in [1.82, 2.24) is 4.90 Å². The molecule has 2 saturated carbocycles. The van der Waals surface area contributed by atoms with E-state index in [2.05, 4.69) is 11.8 Å². The van der Waals surface area contributed by atoms with E-state index in [-0.39, 0.29) is 5.91 Å². The lowest BCUT2D eigenvalue weighted by atomic mass is 9.78. The molecule has 0 aromatic rings. The Morgan fingerprint density at radius 3 is 2.70 bits per heavy atom. The number of hydrogen-bond acceptors (Lipinski definition) is 4. The van der Waals surface area contributed by atoms with Crippen LogP contribution in [0.5, 0.6) is 0 Å². The molecule has 0 aromatic heterocycles. The topological polar surface area (TPSA) is 81.6 Å². The van der Waals surface area contributed by atoms with E-state index in [0.717, 1.165) is 38.3 Å². The molecule has 2 rings (SSSR count). The monoisotopic (exact) mass is 283 g/mol. The maximum absolute atomic E-state index is 11.6. The summed E-state index contributed by atoms with van der Waals surface area (Å²) in [5.41, 5.74) is 10.9. The minimum Gasteiger partial charge on any atom is -0.383 e. The molecule has 2 aliphatic carbocycles. The molecule has 0 saturated heterocycles. The van der Waals surface area contributed by atoms with Gasteiger partial charge < -0.3 is 16.2 Å². The standard InChI is InChI=1S/C15H29N3O2/c1-11(12-5-6-12)18(8-9-20-2)13-4-3-7-15(17,10-13)14(16)19/h11-13H,3-10,17H2,1-2H3,(H2,16,19). The summed E-state index contributed by atoms with van der Waals surface area (Å²) in [6, 6.07) is 0.900. The molecule has 0 heterocycles. The first-order chi connectivity index (χ1) is 9.48. The SMILES string of the molecule is COCCN(C1CCCC(N)(C(N)=O)C1)C(C)C1CC1. The third kappa shape index (κ3) is 3.51. The Kier molecular flexibility index (Phi) is 5.04. The Morgan fingerprint density at radius 1 is 1.45 bits per heavy atom. The summed E-state index contributed by atoms with van der Waals surface area (Å²) in [6.07, 6.45) is 6.12. The fourth-order valence-corrected chi connectivity index (χ4v) is 3.55. The zero-order chi connectivity index (χ0) is 14.8. The lowest BCUT2D eigenvalue weighted by Crippen LogP contribution is -2.59. The van der Waals surface area contributed by atoms with E-state index in [1.807, 2.05) is 0 Å². The number of rotatable bonds is 7. The Morgan fingerprint density at radius 2 is 2.15 bits per heavy atom. The minimum absolute atomic E-state index is 0.354. The third-order valence-corrected chi connectivity index (χ3v) is 5.10. The molecule has 2 aliphatic rings. The van der Waals surface area contributed by atoms with Crippen LogP contribution in [0.25, 0.3) is 0 Å². The first-order valence-electron chi connectivity index (χ1n) is 7.81. The summed E-state index contributed by atoms with van der Waals surface area (Å²) < 4.78 is 5.25.